The van der Waals surface area contributed by atoms with Gasteiger partial charge in [0.05, 0.1) is 19.2 Å². The molecule has 0 aliphatic carbocycles. The number of hydrogen-bond acceptors (Lipinski definition) is 3. The fourth-order valence-corrected chi connectivity index (χ4v) is 2.28. The molecule has 21 heavy (non-hydrogen) atoms. The maximum Gasteiger partial charge on any atom is 0.202 e. The maximum atomic E-state index is 13.5. The van der Waals surface area contributed by atoms with E-state index in [2.05, 4.69) is 0 Å². The third kappa shape index (κ3) is 2.85. The summed E-state index contributed by atoms with van der Waals surface area (Å²) in [5.74, 6) is -0.0873. The SMILES string of the molecule is COc1cccc(OC)c1C(=O)c1cc(C)c(F)cc1Cl. The Hall–Kier alpha value is -2.07. The topological polar surface area (TPSA) is 35.5 Å². The first kappa shape index (κ1) is 15.3. The molecule has 0 aromatic heterocycles. The normalized spacial score (nSPS) is 10.3. The largest absolute Gasteiger partial charge is 0.496 e. The number of rotatable bonds is 4. The molecule has 0 heterocycles. The highest BCUT2D eigenvalue weighted by Crippen LogP contribution is 2.33. The Labute approximate surface area is 127 Å². The predicted molar refractivity (Wildman–Crippen MR) is 79.1 cm³/mol. The first-order chi connectivity index (χ1) is 9.99. The third-order valence-corrected chi connectivity index (χ3v) is 3.46. The summed E-state index contributed by atoms with van der Waals surface area (Å²) in [4.78, 5) is 12.7. The van der Waals surface area contributed by atoms with Gasteiger partial charge < -0.3 is 9.47 Å². The van der Waals surface area contributed by atoms with Crippen molar-refractivity contribution < 1.29 is 18.7 Å². The van der Waals surface area contributed by atoms with Gasteiger partial charge in [0.2, 0.25) is 5.78 Å². The summed E-state index contributed by atoms with van der Waals surface area (Å²) in [5, 5.41) is 0.0519. The lowest BCUT2D eigenvalue weighted by atomic mass is 9.99. The van der Waals surface area contributed by atoms with E-state index in [1.54, 1.807) is 25.1 Å². The number of hydrogen-bond donors (Lipinski definition) is 0. The van der Waals surface area contributed by atoms with E-state index in [1.807, 2.05) is 0 Å². The van der Waals surface area contributed by atoms with E-state index in [0.29, 0.717) is 17.1 Å². The van der Waals surface area contributed by atoms with E-state index in [0.717, 1.165) is 6.07 Å². The zero-order valence-electron chi connectivity index (χ0n) is 11.9. The lowest BCUT2D eigenvalue weighted by Gasteiger charge is -2.13. The molecular weight excluding hydrogens is 295 g/mol. The minimum Gasteiger partial charge on any atom is -0.496 e. The summed E-state index contributed by atoms with van der Waals surface area (Å²) in [7, 11) is 2.92. The van der Waals surface area contributed by atoms with E-state index in [9.17, 15) is 9.18 Å². The number of halogens is 2. The third-order valence-electron chi connectivity index (χ3n) is 3.15. The second-order valence-electron chi connectivity index (χ2n) is 4.45. The van der Waals surface area contributed by atoms with Gasteiger partial charge in [-0.1, -0.05) is 17.7 Å². The number of aryl methyl sites for hydroxylation is 1. The van der Waals surface area contributed by atoms with Gasteiger partial charge in [0.15, 0.2) is 0 Å². The molecule has 0 N–H and O–H groups in total. The Morgan fingerprint density at radius 2 is 1.71 bits per heavy atom. The smallest absolute Gasteiger partial charge is 0.202 e. The Bertz CT molecular complexity index is 676. The number of carbonyl (C=O) groups is 1. The number of ether oxygens (including phenoxy) is 2. The van der Waals surface area contributed by atoms with Crippen LogP contribution in [-0.2, 0) is 0 Å². The minimum absolute atomic E-state index is 0.0519. The molecule has 0 unspecified atom stereocenters. The van der Waals surface area contributed by atoms with Crippen LogP contribution in [0, 0.1) is 12.7 Å². The second-order valence-corrected chi connectivity index (χ2v) is 4.86. The van der Waals surface area contributed by atoms with E-state index in [1.165, 1.54) is 20.3 Å². The average molecular weight is 309 g/mol. The summed E-state index contributed by atoms with van der Waals surface area (Å²) in [6.07, 6.45) is 0. The van der Waals surface area contributed by atoms with Gasteiger partial charge in [-0.2, -0.15) is 0 Å². The van der Waals surface area contributed by atoms with Gasteiger partial charge in [0.1, 0.15) is 22.9 Å². The van der Waals surface area contributed by atoms with E-state index in [-0.39, 0.29) is 21.9 Å². The lowest BCUT2D eigenvalue weighted by Crippen LogP contribution is -2.08. The number of benzene rings is 2. The molecular formula is C16H14ClFO3. The fraction of sp³-hybridized carbons (Fsp3) is 0.188. The minimum atomic E-state index is -0.455. The number of ketones is 1. The van der Waals surface area contributed by atoms with Crippen LogP contribution >= 0.6 is 11.6 Å². The van der Waals surface area contributed by atoms with Gasteiger partial charge in [-0.15, -0.1) is 0 Å². The molecule has 0 amide bonds. The van der Waals surface area contributed by atoms with Crippen LogP contribution in [0.5, 0.6) is 11.5 Å². The number of carbonyl (C=O) groups excluding carboxylic acids is 1. The molecule has 0 radical (unpaired) electrons. The van der Waals surface area contributed by atoms with Gasteiger partial charge >= 0.3 is 0 Å². The van der Waals surface area contributed by atoms with Gasteiger partial charge in [0.25, 0.3) is 0 Å². The summed E-state index contributed by atoms with van der Waals surface area (Å²) in [6, 6.07) is 7.57. The van der Waals surface area contributed by atoms with Gasteiger partial charge in [-0.25, -0.2) is 4.39 Å². The summed E-state index contributed by atoms with van der Waals surface area (Å²) in [5.41, 5.74) is 0.811. The molecule has 0 fully saturated rings. The highest BCUT2D eigenvalue weighted by atomic mass is 35.5. The Morgan fingerprint density at radius 3 is 2.24 bits per heavy atom. The van der Waals surface area contributed by atoms with Crippen molar-refractivity contribution in [1.82, 2.24) is 0 Å². The molecule has 0 saturated heterocycles. The van der Waals surface area contributed by atoms with Crippen LogP contribution in [0.3, 0.4) is 0 Å². The Balaban J connectivity index is 2.63. The van der Waals surface area contributed by atoms with Crippen LogP contribution in [-0.4, -0.2) is 20.0 Å². The molecule has 3 nitrogen and oxygen atoms in total. The monoisotopic (exact) mass is 308 g/mol. The summed E-state index contributed by atoms with van der Waals surface area (Å²) in [6.45, 7) is 1.57. The molecule has 0 spiro atoms. The van der Waals surface area contributed by atoms with Crippen molar-refractivity contribution in [2.75, 3.05) is 14.2 Å². The molecule has 2 rings (SSSR count). The second kappa shape index (κ2) is 6.14. The first-order valence-corrected chi connectivity index (χ1v) is 6.58. The predicted octanol–water partition coefficient (Wildman–Crippen LogP) is 4.04. The molecule has 0 bridgehead atoms. The van der Waals surface area contributed by atoms with Crippen LogP contribution in [0.15, 0.2) is 30.3 Å². The first-order valence-electron chi connectivity index (χ1n) is 6.21. The summed E-state index contributed by atoms with van der Waals surface area (Å²) >= 11 is 5.99. The van der Waals surface area contributed by atoms with Crippen molar-refractivity contribution in [2.45, 2.75) is 6.92 Å². The molecule has 0 atom stereocenters. The zero-order chi connectivity index (χ0) is 15.6. The van der Waals surface area contributed by atoms with E-state index < -0.39 is 5.82 Å². The van der Waals surface area contributed by atoms with Gasteiger partial charge in [-0.3, -0.25) is 4.79 Å². The Kier molecular flexibility index (Phi) is 4.48. The standard InChI is InChI=1S/C16H14ClFO3/c1-9-7-10(11(17)8-12(9)18)16(19)15-13(20-2)5-4-6-14(15)21-3/h4-8H,1-3H3. The summed E-state index contributed by atoms with van der Waals surface area (Å²) < 4.78 is 23.9. The van der Waals surface area contributed by atoms with Crippen molar-refractivity contribution in [1.29, 1.82) is 0 Å². The Morgan fingerprint density at radius 1 is 1.14 bits per heavy atom. The van der Waals surface area contributed by atoms with Crippen molar-refractivity contribution >= 4 is 17.4 Å². The fourth-order valence-electron chi connectivity index (χ4n) is 2.04. The van der Waals surface area contributed by atoms with Crippen LogP contribution in [0.4, 0.5) is 4.39 Å². The van der Waals surface area contributed by atoms with Crippen molar-refractivity contribution in [3.8, 4) is 11.5 Å². The van der Waals surface area contributed by atoms with Gasteiger partial charge in [0, 0.05) is 5.56 Å². The van der Waals surface area contributed by atoms with Crippen molar-refractivity contribution in [3.63, 3.8) is 0 Å². The average Bonchev–Trinajstić information content (AvgIpc) is 2.49. The van der Waals surface area contributed by atoms with E-state index >= 15 is 0 Å². The molecule has 0 aliphatic rings. The molecule has 0 saturated carbocycles. The van der Waals surface area contributed by atoms with Gasteiger partial charge in [-0.05, 0) is 36.8 Å². The molecule has 5 heteroatoms. The molecule has 0 aliphatic heterocycles. The molecule has 110 valence electrons. The lowest BCUT2D eigenvalue weighted by molar-refractivity contribution is 0.103. The molecule has 2 aromatic carbocycles. The van der Waals surface area contributed by atoms with Crippen LogP contribution < -0.4 is 9.47 Å². The zero-order valence-corrected chi connectivity index (χ0v) is 12.6. The number of methoxy groups -OCH3 is 2. The van der Waals surface area contributed by atoms with Crippen molar-refractivity contribution in [3.05, 3.63) is 57.9 Å². The van der Waals surface area contributed by atoms with E-state index in [4.69, 9.17) is 21.1 Å². The van der Waals surface area contributed by atoms with Crippen LogP contribution in [0.2, 0.25) is 5.02 Å². The molecule has 2 aromatic rings. The quantitative estimate of drug-likeness (QED) is 0.800. The maximum absolute atomic E-state index is 13.5. The highest BCUT2D eigenvalue weighted by molar-refractivity contribution is 6.35. The van der Waals surface area contributed by atoms with Crippen molar-refractivity contribution in [2.24, 2.45) is 0 Å². The van der Waals surface area contributed by atoms with Crippen LogP contribution in [0.25, 0.3) is 0 Å². The van der Waals surface area contributed by atoms with Crippen LogP contribution in [0.1, 0.15) is 21.5 Å². The highest BCUT2D eigenvalue weighted by Gasteiger charge is 2.22.